The molecule has 4 rings (SSSR count). The van der Waals surface area contributed by atoms with Crippen LogP contribution in [0.5, 0.6) is 17.2 Å². The number of hydrogen-bond acceptors (Lipinski definition) is 5. The van der Waals surface area contributed by atoms with Crippen molar-refractivity contribution in [2.45, 2.75) is 64.6 Å². The Hall–Kier alpha value is -3.31. The van der Waals surface area contributed by atoms with E-state index in [1.54, 1.807) is 0 Å². The number of ether oxygens (including phenoxy) is 4. The van der Waals surface area contributed by atoms with Gasteiger partial charge in [-0.2, -0.15) is 0 Å². The minimum absolute atomic E-state index is 0.311. The molecule has 0 bridgehead atoms. The predicted molar refractivity (Wildman–Crippen MR) is 146 cm³/mol. The zero-order chi connectivity index (χ0) is 25.9. The number of carbonyl (C=O) groups excluding carboxylic acids is 1. The zero-order valence-electron chi connectivity index (χ0n) is 22.0. The number of carbonyl (C=O) groups is 1. The summed E-state index contributed by atoms with van der Waals surface area (Å²) in [5.41, 5.74) is 4.66. The smallest absolute Gasteiger partial charge is 0.160 e. The fraction of sp³-hybridized carbons (Fsp3) is 0.406. The highest BCUT2D eigenvalue weighted by atomic mass is 16.5. The Labute approximate surface area is 220 Å². The third-order valence-electron chi connectivity index (χ3n) is 6.66. The lowest BCUT2D eigenvalue weighted by Crippen LogP contribution is -2.25. The Morgan fingerprint density at radius 3 is 2.54 bits per heavy atom. The average Bonchev–Trinajstić information content (AvgIpc) is 2.94. The van der Waals surface area contributed by atoms with Gasteiger partial charge >= 0.3 is 0 Å². The van der Waals surface area contributed by atoms with Crippen molar-refractivity contribution < 1.29 is 23.7 Å². The van der Waals surface area contributed by atoms with Crippen molar-refractivity contribution in [3.05, 3.63) is 89.0 Å². The van der Waals surface area contributed by atoms with Gasteiger partial charge in [0, 0.05) is 17.9 Å². The van der Waals surface area contributed by atoms with Crippen molar-refractivity contribution >= 4 is 6.29 Å². The molecule has 0 saturated carbocycles. The first-order valence-electron chi connectivity index (χ1n) is 13.4. The molecule has 0 amide bonds. The summed E-state index contributed by atoms with van der Waals surface area (Å²) in [5.74, 6) is 2.86. The minimum atomic E-state index is -0.358. The number of aryl methyl sites for hydroxylation is 1. The van der Waals surface area contributed by atoms with Gasteiger partial charge in [-0.15, -0.1) is 0 Å². The van der Waals surface area contributed by atoms with Gasteiger partial charge in [-0.25, -0.2) is 0 Å². The number of benzene rings is 3. The van der Waals surface area contributed by atoms with Gasteiger partial charge < -0.3 is 18.9 Å². The van der Waals surface area contributed by atoms with E-state index in [9.17, 15) is 4.79 Å². The molecule has 2 unspecified atom stereocenters. The average molecular weight is 503 g/mol. The molecule has 0 aliphatic carbocycles. The molecule has 1 aliphatic heterocycles. The fourth-order valence-corrected chi connectivity index (χ4v) is 4.58. The van der Waals surface area contributed by atoms with Gasteiger partial charge in [0.05, 0.1) is 26.4 Å². The summed E-state index contributed by atoms with van der Waals surface area (Å²) in [4.78, 5) is 11.3. The van der Waals surface area contributed by atoms with E-state index in [-0.39, 0.29) is 6.10 Å². The molecule has 0 N–H and O–H groups in total. The highest BCUT2D eigenvalue weighted by Gasteiger charge is 2.24. The normalized spacial score (nSPS) is 15.4. The van der Waals surface area contributed by atoms with E-state index in [0.717, 1.165) is 66.8 Å². The SMILES string of the molecule is CCCc1c(OCCCOc2ccc(C(C)COCc3ccccc3)cc2)ccc2c1OC(C=O)CC2. The number of aldehydes is 1. The second-order valence-electron chi connectivity index (χ2n) is 9.63. The Morgan fingerprint density at radius 1 is 1.00 bits per heavy atom. The fourth-order valence-electron chi connectivity index (χ4n) is 4.58. The maximum Gasteiger partial charge on any atom is 0.160 e. The van der Waals surface area contributed by atoms with Crippen LogP contribution in [0.1, 0.15) is 61.3 Å². The van der Waals surface area contributed by atoms with Gasteiger partial charge in [0.1, 0.15) is 17.2 Å². The first-order chi connectivity index (χ1) is 18.2. The summed E-state index contributed by atoms with van der Waals surface area (Å²) in [6.45, 7) is 6.76. The molecule has 5 heteroatoms. The topological polar surface area (TPSA) is 54.0 Å². The van der Waals surface area contributed by atoms with E-state index in [0.29, 0.717) is 32.3 Å². The molecule has 37 heavy (non-hydrogen) atoms. The van der Waals surface area contributed by atoms with Crippen molar-refractivity contribution in [2.24, 2.45) is 0 Å². The van der Waals surface area contributed by atoms with Crippen LogP contribution in [0.25, 0.3) is 0 Å². The monoisotopic (exact) mass is 502 g/mol. The number of rotatable bonds is 14. The number of hydrogen-bond donors (Lipinski definition) is 0. The third kappa shape index (κ3) is 7.59. The van der Waals surface area contributed by atoms with E-state index in [1.807, 2.05) is 36.4 Å². The van der Waals surface area contributed by atoms with Crippen LogP contribution in [0.4, 0.5) is 0 Å². The molecule has 2 atom stereocenters. The molecule has 0 saturated heterocycles. The van der Waals surface area contributed by atoms with Crippen molar-refractivity contribution in [3.8, 4) is 17.2 Å². The first-order valence-corrected chi connectivity index (χ1v) is 13.4. The van der Waals surface area contributed by atoms with Crippen LogP contribution in [-0.4, -0.2) is 32.2 Å². The standard InChI is InChI=1S/C32H38O5/c1-3-8-30-31(18-14-27-13-17-29(21-33)37-32(27)30)36-20-7-19-35-28-15-11-26(12-16-28)24(2)22-34-23-25-9-5-4-6-10-25/h4-6,9-12,14-16,18,21,24,29H,3,7-8,13,17,19-20,22-23H2,1-2H3. The Balaban J connectivity index is 1.20. The molecular weight excluding hydrogens is 464 g/mol. The van der Waals surface area contributed by atoms with Gasteiger partial charge in [0.15, 0.2) is 12.4 Å². The summed E-state index contributed by atoms with van der Waals surface area (Å²) in [6.07, 6.45) is 4.76. The van der Waals surface area contributed by atoms with Crippen LogP contribution >= 0.6 is 0 Å². The quantitative estimate of drug-likeness (QED) is 0.181. The first kappa shape index (κ1) is 26.7. The molecule has 196 valence electrons. The highest BCUT2D eigenvalue weighted by Crippen LogP contribution is 2.37. The number of fused-ring (bicyclic) bond motifs is 1. The minimum Gasteiger partial charge on any atom is -0.493 e. The van der Waals surface area contributed by atoms with Crippen molar-refractivity contribution in [1.82, 2.24) is 0 Å². The lowest BCUT2D eigenvalue weighted by atomic mass is 9.97. The summed E-state index contributed by atoms with van der Waals surface area (Å²) in [7, 11) is 0. The van der Waals surface area contributed by atoms with Gasteiger partial charge in [-0.1, -0.05) is 68.8 Å². The van der Waals surface area contributed by atoms with Crippen molar-refractivity contribution in [2.75, 3.05) is 19.8 Å². The van der Waals surface area contributed by atoms with Crippen LogP contribution in [0.3, 0.4) is 0 Å². The maximum absolute atomic E-state index is 11.3. The van der Waals surface area contributed by atoms with Crippen LogP contribution in [-0.2, 0) is 29.0 Å². The summed E-state index contributed by atoms with van der Waals surface area (Å²) in [6, 6.07) is 22.6. The molecule has 0 aromatic heterocycles. The summed E-state index contributed by atoms with van der Waals surface area (Å²) >= 11 is 0. The van der Waals surface area contributed by atoms with Gasteiger partial charge in [-0.05, 0) is 54.2 Å². The molecule has 3 aromatic rings. The molecule has 1 aliphatic rings. The van der Waals surface area contributed by atoms with Crippen LogP contribution < -0.4 is 14.2 Å². The molecule has 0 radical (unpaired) electrons. The Morgan fingerprint density at radius 2 is 1.78 bits per heavy atom. The molecule has 3 aromatic carbocycles. The van der Waals surface area contributed by atoms with Crippen LogP contribution in [0.2, 0.25) is 0 Å². The molecular formula is C32H38O5. The van der Waals surface area contributed by atoms with E-state index in [4.69, 9.17) is 18.9 Å². The second-order valence-corrected chi connectivity index (χ2v) is 9.63. The zero-order valence-corrected chi connectivity index (χ0v) is 22.0. The second kappa shape index (κ2) is 13.8. The predicted octanol–water partition coefficient (Wildman–Crippen LogP) is 6.70. The summed E-state index contributed by atoms with van der Waals surface area (Å²) < 4.78 is 23.9. The van der Waals surface area contributed by atoms with Crippen LogP contribution in [0, 0.1) is 0 Å². The van der Waals surface area contributed by atoms with Gasteiger partial charge in [0.25, 0.3) is 0 Å². The molecule has 0 fully saturated rings. The summed E-state index contributed by atoms with van der Waals surface area (Å²) in [5, 5.41) is 0. The Bertz CT molecular complexity index is 1110. The lowest BCUT2D eigenvalue weighted by molar-refractivity contribution is -0.114. The van der Waals surface area contributed by atoms with E-state index in [2.05, 4.69) is 44.2 Å². The maximum atomic E-state index is 11.3. The Kier molecular flexibility index (Phi) is 10.0. The van der Waals surface area contributed by atoms with E-state index >= 15 is 0 Å². The third-order valence-corrected chi connectivity index (χ3v) is 6.66. The lowest BCUT2D eigenvalue weighted by Gasteiger charge is -2.26. The van der Waals surface area contributed by atoms with Crippen molar-refractivity contribution in [1.29, 1.82) is 0 Å². The van der Waals surface area contributed by atoms with Crippen LogP contribution in [0.15, 0.2) is 66.7 Å². The van der Waals surface area contributed by atoms with Gasteiger partial charge in [0.2, 0.25) is 0 Å². The molecule has 0 spiro atoms. The van der Waals surface area contributed by atoms with E-state index < -0.39 is 0 Å². The van der Waals surface area contributed by atoms with E-state index in [1.165, 1.54) is 11.1 Å². The van der Waals surface area contributed by atoms with Crippen molar-refractivity contribution in [3.63, 3.8) is 0 Å². The van der Waals surface area contributed by atoms with Gasteiger partial charge in [-0.3, -0.25) is 4.79 Å². The molecule has 5 nitrogen and oxygen atoms in total. The molecule has 1 heterocycles. The highest BCUT2D eigenvalue weighted by molar-refractivity contribution is 5.60. The largest absolute Gasteiger partial charge is 0.493 e.